The van der Waals surface area contributed by atoms with Gasteiger partial charge in [-0.15, -0.1) is 0 Å². The van der Waals surface area contributed by atoms with Gasteiger partial charge in [-0.2, -0.15) is 0 Å². The molecule has 1 aliphatic rings. The van der Waals surface area contributed by atoms with Gasteiger partial charge >= 0.3 is 0 Å². The van der Waals surface area contributed by atoms with Crippen molar-refractivity contribution in [1.29, 1.82) is 0 Å². The van der Waals surface area contributed by atoms with Crippen molar-refractivity contribution in [2.45, 2.75) is 38.5 Å². The SMILES string of the molecule is CCNCC1CCC(CN(C)Cc2cccnc2)O1. The van der Waals surface area contributed by atoms with E-state index in [1.807, 2.05) is 18.5 Å². The predicted octanol–water partition coefficient (Wildman–Crippen LogP) is 1.67. The van der Waals surface area contributed by atoms with E-state index in [2.05, 4.69) is 35.2 Å². The van der Waals surface area contributed by atoms with Gasteiger partial charge in [0.05, 0.1) is 12.2 Å². The number of likely N-dealkylation sites (N-methyl/N-ethyl adjacent to an activating group) is 2. The monoisotopic (exact) mass is 263 g/mol. The van der Waals surface area contributed by atoms with Crippen molar-refractivity contribution in [3.05, 3.63) is 30.1 Å². The minimum absolute atomic E-state index is 0.380. The summed E-state index contributed by atoms with van der Waals surface area (Å²) >= 11 is 0. The first-order valence-corrected chi connectivity index (χ1v) is 7.21. The molecule has 1 fully saturated rings. The summed E-state index contributed by atoms with van der Waals surface area (Å²) < 4.78 is 6.05. The van der Waals surface area contributed by atoms with Gasteiger partial charge in [0.15, 0.2) is 0 Å². The Morgan fingerprint density at radius 3 is 3.00 bits per heavy atom. The van der Waals surface area contributed by atoms with Gasteiger partial charge in [0.2, 0.25) is 0 Å². The van der Waals surface area contributed by atoms with Crippen LogP contribution in [-0.4, -0.2) is 48.8 Å². The van der Waals surface area contributed by atoms with Gasteiger partial charge in [-0.05, 0) is 38.1 Å². The van der Waals surface area contributed by atoms with E-state index < -0.39 is 0 Å². The number of pyridine rings is 1. The normalized spacial score (nSPS) is 23.1. The van der Waals surface area contributed by atoms with Crippen molar-refractivity contribution in [2.24, 2.45) is 0 Å². The number of nitrogens with zero attached hydrogens (tertiary/aromatic N) is 2. The Bertz CT molecular complexity index is 358. The van der Waals surface area contributed by atoms with Gasteiger partial charge in [-0.1, -0.05) is 13.0 Å². The second-order valence-electron chi connectivity index (χ2n) is 5.32. The molecule has 0 amide bonds. The third-order valence-corrected chi connectivity index (χ3v) is 3.51. The third kappa shape index (κ3) is 4.90. The molecule has 0 aromatic carbocycles. The minimum Gasteiger partial charge on any atom is -0.372 e. The Hall–Kier alpha value is -0.970. The summed E-state index contributed by atoms with van der Waals surface area (Å²) in [4.78, 5) is 6.47. The summed E-state index contributed by atoms with van der Waals surface area (Å²) in [5.41, 5.74) is 1.26. The number of hydrogen-bond donors (Lipinski definition) is 1. The Balaban J connectivity index is 1.70. The molecule has 4 nitrogen and oxygen atoms in total. The molecule has 2 unspecified atom stereocenters. The van der Waals surface area contributed by atoms with Crippen LogP contribution in [0.25, 0.3) is 0 Å². The fourth-order valence-corrected chi connectivity index (χ4v) is 2.59. The van der Waals surface area contributed by atoms with Crippen LogP contribution in [-0.2, 0) is 11.3 Å². The molecule has 0 saturated carbocycles. The van der Waals surface area contributed by atoms with Crippen LogP contribution in [0.5, 0.6) is 0 Å². The molecule has 1 aromatic rings. The number of hydrogen-bond acceptors (Lipinski definition) is 4. The van der Waals surface area contributed by atoms with Crippen molar-refractivity contribution in [3.63, 3.8) is 0 Å². The highest BCUT2D eigenvalue weighted by Gasteiger charge is 2.25. The highest BCUT2D eigenvalue weighted by Crippen LogP contribution is 2.20. The lowest BCUT2D eigenvalue weighted by Gasteiger charge is -2.21. The average Bonchev–Trinajstić information content (AvgIpc) is 2.85. The molecular formula is C15H25N3O. The maximum atomic E-state index is 6.05. The van der Waals surface area contributed by atoms with Crippen LogP contribution in [0.15, 0.2) is 24.5 Å². The van der Waals surface area contributed by atoms with E-state index in [1.54, 1.807) is 0 Å². The number of rotatable bonds is 7. The summed E-state index contributed by atoms with van der Waals surface area (Å²) in [6, 6.07) is 4.11. The zero-order valence-electron chi connectivity index (χ0n) is 12.0. The topological polar surface area (TPSA) is 37.4 Å². The van der Waals surface area contributed by atoms with E-state index in [0.717, 1.165) is 26.2 Å². The molecule has 2 heterocycles. The summed E-state index contributed by atoms with van der Waals surface area (Å²) in [5, 5.41) is 3.36. The first-order valence-electron chi connectivity index (χ1n) is 7.21. The Morgan fingerprint density at radius 2 is 2.26 bits per heavy atom. The predicted molar refractivity (Wildman–Crippen MR) is 77.0 cm³/mol. The van der Waals surface area contributed by atoms with Crippen molar-refractivity contribution >= 4 is 0 Å². The summed E-state index contributed by atoms with van der Waals surface area (Å²) in [7, 11) is 2.15. The molecule has 1 N–H and O–H groups in total. The molecule has 0 aliphatic carbocycles. The molecule has 0 radical (unpaired) electrons. The molecule has 1 saturated heterocycles. The first kappa shape index (κ1) is 14.4. The summed E-state index contributed by atoms with van der Waals surface area (Å²) in [6.07, 6.45) is 6.88. The zero-order chi connectivity index (χ0) is 13.5. The van der Waals surface area contributed by atoms with Gasteiger partial charge in [-0.3, -0.25) is 9.88 Å². The number of aromatic nitrogens is 1. The van der Waals surface area contributed by atoms with Crippen LogP contribution >= 0.6 is 0 Å². The lowest BCUT2D eigenvalue weighted by Crippen LogP contribution is -2.31. The van der Waals surface area contributed by atoms with E-state index in [9.17, 15) is 0 Å². The average molecular weight is 263 g/mol. The first-order chi connectivity index (χ1) is 9.28. The molecule has 1 aromatic heterocycles. The van der Waals surface area contributed by atoms with E-state index in [0.29, 0.717) is 12.2 Å². The molecule has 2 rings (SSSR count). The van der Waals surface area contributed by atoms with Crippen molar-refractivity contribution in [3.8, 4) is 0 Å². The molecule has 106 valence electrons. The minimum atomic E-state index is 0.380. The lowest BCUT2D eigenvalue weighted by atomic mass is 10.2. The Kier molecular flexibility index (Phi) is 5.76. The van der Waals surface area contributed by atoms with Crippen LogP contribution < -0.4 is 5.32 Å². The van der Waals surface area contributed by atoms with Crippen LogP contribution in [0.3, 0.4) is 0 Å². The third-order valence-electron chi connectivity index (χ3n) is 3.51. The zero-order valence-corrected chi connectivity index (χ0v) is 12.0. The molecule has 4 heteroatoms. The van der Waals surface area contributed by atoms with Crippen LogP contribution in [0.4, 0.5) is 0 Å². The second kappa shape index (κ2) is 7.58. The molecule has 0 spiro atoms. The highest BCUT2D eigenvalue weighted by atomic mass is 16.5. The van der Waals surface area contributed by atoms with E-state index in [-0.39, 0.29) is 0 Å². The molecular weight excluding hydrogens is 238 g/mol. The van der Waals surface area contributed by atoms with Crippen molar-refractivity contribution in [1.82, 2.24) is 15.2 Å². The number of nitrogens with one attached hydrogen (secondary N) is 1. The molecule has 0 bridgehead atoms. The standard InChI is InChI=1S/C15H25N3O/c1-3-16-10-14-6-7-15(19-14)12-18(2)11-13-5-4-8-17-9-13/h4-5,8-9,14-16H,3,6-7,10-12H2,1-2H3. The van der Waals surface area contributed by atoms with Gasteiger partial charge in [0.1, 0.15) is 0 Å². The summed E-state index contributed by atoms with van der Waals surface area (Å²) in [6.45, 7) is 6.07. The van der Waals surface area contributed by atoms with Gasteiger partial charge < -0.3 is 10.1 Å². The van der Waals surface area contributed by atoms with Gasteiger partial charge in [-0.25, -0.2) is 0 Å². The highest BCUT2D eigenvalue weighted by molar-refractivity contribution is 5.07. The quantitative estimate of drug-likeness (QED) is 0.812. The van der Waals surface area contributed by atoms with Crippen molar-refractivity contribution < 1.29 is 4.74 Å². The van der Waals surface area contributed by atoms with Crippen LogP contribution in [0.1, 0.15) is 25.3 Å². The number of ether oxygens (including phenoxy) is 1. The Labute approximate surface area is 116 Å². The van der Waals surface area contributed by atoms with Crippen LogP contribution in [0.2, 0.25) is 0 Å². The molecule has 19 heavy (non-hydrogen) atoms. The van der Waals surface area contributed by atoms with Gasteiger partial charge in [0, 0.05) is 32.0 Å². The molecule has 2 atom stereocenters. The van der Waals surface area contributed by atoms with Gasteiger partial charge in [0.25, 0.3) is 0 Å². The van der Waals surface area contributed by atoms with E-state index in [1.165, 1.54) is 18.4 Å². The fourth-order valence-electron chi connectivity index (χ4n) is 2.59. The second-order valence-corrected chi connectivity index (χ2v) is 5.32. The summed E-state index contributed by atoms with van der Waals surface area (Å²) in [5.74, 6) is 0. The molecule has 1 aliphatic heterocycles. The fraction of sp³-hybridized carbons (Fsp3) is 0.667. The lowest BCUT2D eigenvalue weighted by molar-refractivity contribution is 0.0269. The van der Waals surface area contributed by atoms with E-state index in [4.69, 9.17) is 4.74 Å². The Morgan fingerprint density at radius 1 is 1.42 bits per heavy atom. The van der Waals surface area contributed by atoms with E-state index >= 15 is 0 Å². The van der Waals surface area contributed by atoms with Crippen molar-refractivity contribution in [2.75, 3.05) is 26.7 Å². The van der Waals surface area contributed by atoms with Crippen LogP contribution in [0, 0.1) is 0 Å². The maximum absolute atomic E-state index is 6.05. The maximum Gasteiger partial charge on any atom is 0.0707 e. The largest absolute Gasteiger partial charge is 0.372 e. The smallest absolute Gasteiger partial charge is 0.0707 e.